The molecule has 0 atom stereocenters. The van der Waals surface area contributed by atoms with Gasteiger partial charge in [0, 0.05) is 5.56 Å². The van der Waals surface area contributed by atoms with Crippen molar-refractivity contribution < 1.29 is 22.1 Å². The molecule has 0 saturated carbocycles. The number of benzene rings is 3. The van der Waals surface area contributed by atoms with Crippen LogP contribution in [0.25, 0.3) is 0 Å². The van der Waals surface area contributed by atoms with Gasteiger partial charge in [0.05, 0.1) is 19.7 Å². The van der Waals surface area contributed by atoms with Gasteiger partial charge in [-0.25, -0.2) is 5.43 Å². The number of carbonyl (C=O) groups excluding carboxylic acids is 1. The van der Waals surface area contributed by atoms with Gasteiger partial charge in [0.15, 0.2) is 5.75 Å². The Morgan fingerprint density at radius 1 is 1.03 bits per heavy atom. The predicted molar refractivity (Wildman–Crippen MR) is 123 cm³/mol. The zero-order valence-electron chi connectivity index (χ0n) is 18.0. The average molecular weight is 453 g/mol. The Morgan fingerprint density at radius 3 is 2.47 bits per heavy atom. The maximum atomic E-state index is 12.7. The summed E-state index contributed by atoms with van der Waals surface area (Å²) in [5.41, 5.74) is 5.37. The van der Waals surface area contributed by atoms with Crippen molar-refractivity contribution in [1.29, 1.82) is 0 Å². The van der Waals surface area contributed by atoms with Gasteiger partial charge in [0.2, 0.25) is 5.91 Å². The van der Waals surface area contributed by atoms with Gasteiger partial charge < -0.3 is 8.92 Å². The highest BCUT2D eigenvalue weighted by Gasteiger charge is 2.18. The minimum atomic E-state index is -4.02. The molecule has 0 bridgehead atoms. The van der Waals surface area contributed by atoms with Crippen LogP contribution in [0.15, 0.2) is 76.7 Å². The van der Waals surface area contributed by atoms with E-state index in [0.29, 0.717) is 11.3 Å². The van der Waals surface area contributed by atoms with Crippen LogP contribution >= 0.6 is 0 Å². The second kappa shape index (κ2) is 10.1. The van der Waals surface area contributed by atoms with E-state index in [9.17, 15) is 13.2 Å². The van der Waals surface area contributed by atoms with E-state index in [0.717, 1.165) is 16.7 Å². The van der Waals surface area contributed by atoms with Gasteiger partial charge in [-0.2, -0.15) is 13.5 Å². The number of ether oxygens (including phenoxy) is 1. The summed E-state index contributed by atoms with van der Waals surface area (Å²) < 4.78 is 35.9. The van der Waals surface area contributed by atoms with E-state index in [4.69, 9.17) is 8.92 Å². The third-order valence-electron chi connectivity index (χ3n) is 4.67. The number of nitrogens with one attached hydrogen (secondary N) is 1. The van der Waals surface area contributed by atoms with Crippen LogP contribution in [0, 0.1) is 13.8 Å². The predicted octanol–water partition coefficient (Wildman–Crippen LogP) is 3.77. The Labute approximate surface area is 187 Å². The summed E-state index contributed by atoms with van der Waals surface area (Å²) in [7, 11) is -2.46. The lowest BCUT2D eigenvalue weighted by Gasteiger charge is -2.11. The quantitative estimate of drug-likeness (QED) is 0.319. The molecule has 0 fully saturated rings. The molecule has 0 saturated heterocycles. The fourth-order valence-corrected chi connectivity index (χ4v) is 3.89. The first-order chi connectivity index (χ1) is 15.3. The molecule has 0 radical (unpaired) electrons. The summed E-state index contributed by atoms with van der Waals surface area (Å²) in [6, 6.07) is 18.6. The van der Waals surface area contributed by atoms with Crippen molar-refractivity contribution >= 4 is 22.2 Å². The molecule has 7 nitrogen and oxygen atoms in total. The molecule has 3 aromatic rings. The normalized spacial score (nSPS) is 11.3. The molecule has 0 unspecified atom stereocenters. The molecule has 0 heterocycles. The van der Waals surface area contributed by atoms with Crippen LogP contribution in [0.4, 0.5) is 0 Å². The molecule has 0 aromatic heterocycles. The lowest BCUT2D eigenvalue weighted by atomic mass is 10.1. The van der Waals surface area contributed by atoms with E-state index >= 15 is 0 Å². The van der Waals surface area contributed by atoms with Crippen molar-refractivity contribution in [3.8, 4) is 11.5 Å². The smallest absolute Gasteiger partial charge is 0.339 e. The number of hydrazone groups is 1. The molecule has 3 rings (SSSR count). The molecule has 0 aliphatic heterocycles. The van der Waals surface area contributed by atoms with E-state index in [-0.39, 0.29) is 23.0 Å². The van der Waals surface area contributed by atoms with Crippen molar-refractivity contribution in [2.45, 2.75) is 25.2 Å². The van der Waals surface area contributed by atoms with Crippen molar-refractivity contribution in [3.05, 3.63) is 89.0 Å². The van der Waals surface area contributed by atoms with Gasteiger partial charge in [-0.05, 0) is 55.3 Å². The fraction of sp³-hybridized carbons (Fsp3) is 0.167. The Bertz CT molecular complexity index is 1240. The highest BCUT2D eigenvalue weighted by atomic mass is 32.2. The highest BCUT2D eigenvalue weighted by Crippen LogP contribution is 2.24. The van der Waals surface area contributed by atoms with Crippen LogP contribution in [0.5, 0.6) is 11.5 Å². The van der Waals surface area contributed by atoms with Crippen LogP contribution in [0.1, 0.15) is 22.3 Å². The molecule has 32 heavy (non-hydrogen) atoms. The topological polar surface area (TPSA) is 94.1 Å². The number of nitrogens with zero attached hydrogens (tertiary/aromatic N) is 1. The monoisotopic (exact) mass is 452 g/mol. The van der Waals surface area contributed by atoms with Gasteiger partial charge in [-0.1, -0.05) is 42.0 Å². The highest BCUT2D eigenvalue weighted by molar-refractivity contribution is 7.87. The molecule has 3 aromatic carbocycles. The maximum absolute atomic E-state index is 12.7. The lowest BCUT2D eigenvalue weighted by molar-refractivity contribution is -0.120. The van der Waals surface area contributed by atoms with Crippen LogP contribution in [-0.2, 0) is 21.3 Å². The minimum absolute atomic E-state index is 0.0547. The summed E-state index contributed by atoms with van der Waals surface area (Å²) in [5, 5.41) is 3.99. The Kier molecular flexibility index (Phi) is 7.27. The Hall–Kier alpha value is -3.65. The Morgan fingerprint density at radius 2 is 1.75 bits per heavy atom. The number of methoxy groups -OCH3 is 1. The first kappa shape index (κ1) is 23.0. The lowest BCUT2D eigenvalue weighted by Crippen LogP contribution is -2.20. The molecule has 1 amide bonds. The first-order valence-corrected chi connectivity index (χ1v) is 11.2. The van der Waals surface area contributed by atoms with E-state index in [2.05, 4.69) is 10.5 Å². The van der Waals surface area contributed by atoms with Crippen LogP contribution in [0.2, 0.25) is 0 Å². The molecule has 166 valence electrons. The number of rotatable bonds is 8. The average Bonchev–Trinajstić information content (AvgIpc) is 2.76. The van der Waals surface area contributed by atoms with Crippen molar-refractivity contribution in [1.82, 2.24) is 5.43 Å². The van der Waals surface area contributed by atoms with Crippen molar-refractivity contribution in [2.24, 2.45) is 5.10 Å². The second-order valence-corrected chi connectivity index (χ2v) is 8.71. The molecule has 8 heteroatoms. The van der Waals surface area contributed by atoms with E-state index in [1.54, 1.807) is 56.5 Å². The van der Waals surface area contributed by atoms with Gasteiger partial charge in [-0.3, -0.25) is 4.79 Å². The SMILES string of the molecule is COc1cccc(CC(=O)N/N=C\c2c(C)cccc2OS(=O)(=O)c2ccc(C)cc2)c1. The maximum Gasteiger partial charge on any atom is 0.339 e. The molecular weight excluding hydrogens is 428 g/mol. The van der Waals surface area contributed by atoms with Gasteiger partial charge in [-0.15, -0.1) is 0 Å². The molecule has 0 aliphatic carbocycles. The van der Waals surface area contributed by atoms with E-state index in [1.807, 2.05) is 13.0 Å². The standard InChI is InChI=1S/C24H24N2O5S/c1-17-10-12-21(13-11-17)32(28,29)31-23-9-4-6-18(2)22(23)16-25-26-24(27)15-19-7-5-8-20(14-19)30-3/h4-14,16H,15H2,1-3H3,(H,26,27)/b25-16-. The van der Waals surface area contributed by atoms with Crippen molar-refractivity contribution in [2.75, 3.05) is 7.11 Å². The minimum Gasteiger partial charge on any atom is -0.497 e. The van der Waals surface area contributed by atoms with Crippen LogP contribution in [-0.4, -0.2) is 27.6 Å². The van der Waals surface area contributed by atoms with E-state index in [1.165, 1.54) is 24.4 Å². The molecule has 0 spiro atoms. The zero-order valence-corrected chi connectivity index (χ0v) is 18.8. The first-order valence-electron chi connectivity index (χ1n) is 9.84. The summed E-state index contributed by atoms with van der Waals surface area (Å²) in [6.45, 7) is 3.67. The number of hydrogen-bond donors (Lipinski definition) is 1. The number of amides is 1. The largest absolute Gasteiger partial charge is 0.497 e. The van der Waals surface area contributed by atoms with Crippen LogP contribution in [0.3, 0.4) is 0 Å². The number of carbonyl (C=O) groups is 1. The summed E-state index contributed by atoms with van der Waals surface area (Å²) in [5.74, 6) is 0.462. The number of hydrogen-bond acceptors (Lipinski definition) is 6. The summed E-state index contributed by atoms with van der Waals surface area (Å²) in [4.78, 5) is 12.3. The summed E-state index contributed by atoms with van der Waals surface area (Å²) >= 11 is 0. The van der Waals surface area contributed by atoms with E-state index < -0.39 is 10.1 Å². The van der Waals surface area contributed by atoms with Crippen LogP contribution < -0.4 is 14.3 Å². The third-order valence-corrected chi connectivity index (χ3v) is 5.92. The second-order valence-electron chi connectivity index (χ2n) is 7.16. The Balaban J connectivity index is 1.73. The molecule has 0 aliphatic rings. The molecular formula is C24H24N2O5S. The van der Waals surface area contributed by atoms with Crippen molar-refractivity contribution in [3.63, 3.8) is 0 Å². The van der Waals surface area contributed by atoms with Gasteiger partial charge in [0.25, 0.3) is 0 Å². The third kappa shape index (κ3) is 5.95. The molecule has 1 N–H and O–H groups in total. The van der Waals surface area contributed by atoms with Gasteiger partial charge >= 0.3 is 10.1 Å². The zero-order chi connectivity index (χ0) is 23.1. The number of aryl methyl sites for hydroxylation is 2. The fourth-order valence-electron chi connectivity index (χ4n) is 2.94. The van der Waals surface area contributed by atoms with Gasteiger partial charge in [0.1, 0.15) is 10.6 Å². The summed E-state index contributed by atoms with van der Waals surface area (Å²) in [6.07, 6.45) is 1.49.